The monoisotopic (exact) mass is 441 g/mol. The van der Waals surface area contributed by atoms with Gasteiger partial charge in [0.25, 0.3) is 10.0 Å². The van der Waals surface area contributed by atoms with Crippen molar-refractivity contribution in [2.75, 3.05) is 43.4 Å². The average Bonchev–Trinajstić information content (AvgIpc) is 2.74. The first kappa shape index (κ1) is 21.0. The highest BCUT2D eigenvalue weighted by atomic mass is 32.2. The van der Waals surface area contributed by atoms with Crippen LogP contribution < -0.4 is 10.6 Å². The molecule has 0 spiro atoms. The lowest BCUT2D eigenvalue weighted by Gasteiger charge is -2.35. The van der Waals surface area contributed by atoms with Crippen LogP contribution in [0.5, 0.6) is 0 Å². The van der Waals surface area contributed by atoms with Crippen molar-refractivity contribution >= 4 is 39.0 Å². The minimum atomic E-state index is -3.71. The molecule has 31 heavy (non-hydrogen) atoms. The van der Waals surface area contributed by atoms with Gasteiger partial charge < -0.3 is 15.5 Å². The number of fused-ring (bicyclic) bond motifs is 1. The Morgan fingerprint density at radius 1 is 1.06 bits per heavy atom. The Balaban J connectivity index is 1.33. The Kier molecular flexibility index (Phi) is 5.75. The second-order valence-electron chi connectivity index (χ2n) is 7.46. The van der Waals surface area contributed by atoms with E-state index >= 15 is 0 Å². The van der Waals surface area contributed by atoms with Crippen molar-refractivity contribution in [1.82, 2.24) is 9.80 Å². The summed E-state index contributed by atoms with van der Waals surface area (Å²) in [4.78, 5) is 28.0. The van der Waals surface area contributed by atoms with Gasteiger partial charge in [-0.3, -0.25) is 9.69 Å². The molecule has 2 aromatic rings. The smallest absolute Gasteiger partial charge is 0.321 e. The molecule has 1 fully saturated rings. The van der Waals surface area contributed by atoms with Crippen LogP contribution in [0.25, 0.3) is 0 Å². The molecule has 10 heteroatoms. The molecule has 0 aromatic heterocycles. The second kappa shape index (κ2) is 8.48. The van der Waals surface area contributed by atoms with Crippen LogP contribution in [0.3, 0.4) is 0 Å². The molecule has 0 radical (unpaired) electrons. The average molecular weight is 442 g/mol. The summed E-state index contributed by atoms with van der Waals surface area (Å²) in [5.41, 5.74) is 1.64. The van der Waals surface area contributed by atoms with E-state index in [1.165, 1.54) is 13.0 Å². The summed E-state index contributed by atoms with van der Waals surface area (Å²) in [5, 5.41) is 5.92. The fourth-order valence-corrected chi connectivity index (χ4v) is 4.71. The number of sulfonamides is 1. The minimum absolute atomic E-state index is 0.0615. The zero-order valence-electron chi connectivity index (χ0n) is 17.0. The Labute approximate surface area is 180 Å². The van der Waals surface area contributed by atoms with Gasteiger partial charge in [0.2, 0.25) is 0 Å². The van der Waals surface area contributed by atoms with E-state index in [9.17, 15) is 18.0 Å². The summed E-state index contributed by atoms with van der Waals surface area (Å²) in [6.45, 7) is 4.00. The highest BCUT2D eigenvalue weighted by Gasteiger charge is 2.27. The van der Waals surface area contributed by atoms with E-state index in [0.717, 1.165) is 0 Å². The maximum Gasteiger partial charge on any atom is 0.321 e. The molecule has 4 rings (SSSR count). The molecule has 1 saturated heterocycles. The van der Waals surface area contributed by atoms with Crippen LogP contribution >= 0.6 is 0 Å². The van der Waals surface area contributed by atoms with E-state index in [2.05, 4.69) is 19.9 Å². The van der Waals surface area contributed by atoms with E-state index in [1.54, 1.807) is 47.4 Å². The second-order valence-corrected chi connectivity index (χ2v) is 9.04. The van der Waals surface area contributed by atoms with Crippen LogP contribution in [-0.2, 0) is 10.0 Å². The van der Waals surface area contributed by atoms with Gasteiger partial charge in [0, 0.05) is 37.4 Å². The molecule has 2 amide bonds. The number of hydrogen-bond acceptors (Lipinski definition) is 6. The van der Waals surface area contributed by atoms with E-state index in [4.69, 9.17) is 0 Å². The summed E-state index contributed by atoms with van der Waals surface area (Å²) in [6, 6.07) is 13.3. The lowest BCUT2D eigenvalue weighted by atomic mass is 10.1. The molecule has 2 aromatic carbocycles. The van der Waals surface area contributed by atoms with Crippen LogP contribution in [0.2, 0.25) is 0 Å². The van der Waals surface area contributed by atoms with Gasteiger partial charge in [0.05, 0.1) is 12.2 Å². The van der Waals surface area contributed by atoms with E-state index in [-0.39, 0.29) is 16.7 Å². The summed E-state index contributed by atoms with van der Waals surface area (Å²) in [7, 11) is -3.71. The summed E-state index contributed by atoms with van der Waals surface area (Å²) in [5.74, 6) is 0.311. The molecule has 2 N–H and O–H groups in total. The zero-order chi connectivity index (χ0) is 22.0. The number of Topliss-reactive ketones (excluding diaryl/α,β-unsaturated/α-hetero) is 1. The third kappa shape index (κ3) is 4.75. The number of ketones is 1. The van der Waals surface area contributed by atoms with Gasteiger partial charge in [0.1, 0.15) is 10.7 Å². The van der Waals surface area contributed by atoms with Crippen LogP contribution in [-0.4, -0.2) is 68.6 Å². The number of amidine groups is 1. The molecule has 0 unspecified atom stereocenters. The molecular weight excluding hydrogens is 418 g/mol. The lowest BCUT2D eigenvalue weighted by Crippen LogP contribution is -2.51. The Hall–Kier alpha value is -3.24. The van der Waals surface area contributed by atoms with Gasteiger partial charge >= 0.3 is 6.03 Å². The molecule has 9 nitrogen and oxygen atoms in total. The summed E-state index contributed by atoms with van der Waals surface area (Å²) >= 11 is 0. The third-order valence-electron chi connectivity index (χ3n) is 5.23. The minimum Gasteiger partial charge on any atom is -0.341 e. The van der Waals surface area contributed by atoms with Crippen LogP contribution in [0.15, 0.2) is 57.8 Å². The first-order valence-corrected chi connectivity index (χ1v) is 11.3. The first-order chi connectivity index (χ1) is 14.8. The fourth-order valence-electron chi connectivity index (χ4n) is 3.58. The number of para-hydroxylation sites is 1. The van der Waals surface area contributed by atoms with Crippen molar-refractivity contribution < 1.29 is 18.0 Å². The maximum atomic E-state index is 12.6. The number of nitrogens with one attached hydrogen (secondary N) is 2. The van der Waals surface area contributed by atoms with Crippen molar-refractivity contribution in [2.45, 2.75) is 11.8 Å². The predicted octanol–water partition coefficient (Wildman–Crippen LogP) is 2.25. The molecule has 0 bridgehead atoms. The lowest BCUT2D eigenvalue weighted by molar-refractivity contribution is 0.101. The number of benzene rings is 2. The number of carbonyl (C=O) groups is 2. The third-order valence-corrected chi connectivity index (χ3v) is 6.60. The number of anilines is 2. The Morgan fingerprint density at radius 2 is 1.81 bits per heavy atom. The van der Waals surface area contributed by atoms with Crippen LogP contribution in [0.4, 0.5) is 16.2 Å². The van der Waals surface area contributed by atoms with Crippen LogP contribution in [0, 0.1) is 0 Å². The van der Waals surface area contributed by atoms with E-state index < -0.39 is 10.0 Å². The quantitative estimate of drug-likeness (QED) is 0.704. The molecule has 0 atom stereocenters. The number of amides is 2. The van der Waals surface area contributed by atoms with Gasteiger partial charge in [-0.05, 0) is 31.2 Å². The van der Waals surface area contributed by atoms with Crippen molar-refractivity contribution in [3.05, 3.63) is 54.1 Å². The predicted molar refractivity (Wildman–Crippen MR) is 118 cm³/mol. The number of carbonyl (C=O) groups excluding carboxylic acids is 2. The molecule has 2 aliphatic rings. The molecule has 162 valence electrons. The molecule has 0 aliphatic carbocycles. The largest absolute Gasteiger partial charge is 0.341 e. The zero-order valence-corrected chi connectivity index (χ0v) is 17.9. The summed E-state index contributed by atoms with van der Waals surface area (Å²) in [6.07, 6.45) is 0. The number of piperazine rings is 1. The number of nitrogens with zero attached hydrogens (tertiary/aromatic N) is 3. The van der Waals surface area contributed by atoms with Gasteiger partial charge in [-0.1, -0.05) is 24.3 Å². The number of hydrogen-bond donors (Lipinski definition) is 2. The molecule has 0 saturated carbocycles. The standard InChI is InChI=1S/C21H23N5O4S/c1-15(27)16-5-4-6-17(13-16)22-21(28)26-11-9-25(10-12-26)14-20-23-18-7-2-3-8-19(18)31(29,30)24-20/h2-8,13H,9-12,14H2,1H3,(H,22,28)(H,23,24). The van der Waals surface area contributed by atoms with Gasteiger partial charge in [0.15, 0.2) is 5.78 Å². The van der Waals surface area contributed by atoms with Crippen molar-refractivity contribution in [3.8, 4) is 0 Å². The molecule has 2 aliphatic heterocycles. The molecule has 2 heterocycles. The van der Waals surface area contributed by atoms with E-state index in [1.807, 2.05) is 0 Å². The van der Waals surface area contributed by atoms with Crippen molar-refractivity contribution in [1.29, 1.82) is 0 Å². The number of urea groups is 1. The normalized spacial score (nSPS) is 17.8. The maximum absolute atomic E-state index is 12.6. The number of rotatable bonds is 4. The topological polar surface area (TPSA) is 111 Å². The van der Waals surface area contributed by atoms with Gasteiger partial charge in [-0.15, -0.1) is 4.40 Å². The van der Waals surface area contributed by atoms with Crippen molar-refractivity contribution in [3.63, 3.8) is 0 Å². The SMILES string of the molecule is CC(=O)c1cccc(NC(=O)N2CCN(CC3=NS(=O)(=O)c4ccccc4N3)CC2)c1. The molecular formula is C21H23N5O4S. The van der Waals surface area contributed by atoms with Crippen LogP contribution in [0.1, 0.15) is 17.3 Å². The van der Waals surface area contributed by atoms with Gasteiger partial charge in [-0.25, -0.2) is 4.79 Å². The van der Waals surface area contributed by atoms with E-state index in [0.29, 0.717) is 55.5 Å². The first-order valence-electron chi connectivity index (χ1n) is 9.91. The Morgan fingerprint density at radius 3 is 2.55 bits per heavy atom. The summed E-state index contributed by atoms with van der Waals surface area (Å²) < 4.78 is 28.7. The van der Waals surface area contributed by atoms with Crippen molar-refractivity contribution in [2.24, 2.45) is 4.40 Å². The Bertz CT molecular complexity index is 1150. The fraction of sp³-hybridized carbons (Fsp3) is 0.286. The van der Waals surface area contributed by atoms with Gasteiger partial charge in [-0.2, -0.15) is 8.42 Å². The highest BCUT2D eigenvalue weighted by Crippen LogP contribution is 2.26. The highest BCUT2D eigenvalue weighted by molar-refractivity contribution is 7.90.